The van der Waals surface area contributed by atoms with E-state index in [9.17, 15) is 9.59 Å². The first-order chi connectivity index (χ1) is 11.2. The summed E-state index contributed by atoms with van der Waals surface area (Å²) in [5, 5.41) is 0. The molecular weight excluding hydrogens is 304 g/mol. The molecule has 2 rings (SSSR count). The van der Waals surface area contributed by atoms with Crippen molar-refractivity contribution in [3.05, 3.63) is 68.8 Å². The van der Waals surface area contributed by atoms with Crippen LogP contribution < -0.4 is 0 Å². The Morgan fingerprint density at radius 2 is 0.833 bits per heavy atom. The fourth-order valence-electron chi connectivity index (χ4n) is 3.16. The average Bonchev–Trinajstić information content (AvgIpc) is 2.42. The normalized spacial score (nSPS) is 10.4. The van der Waals surface area contributed by atoms with Crippen LogP contribution in [-0.2, 0) is 9.78 Å². The number of carbonyl (C=O) groups excluding carboxylic acids is 2. The van der Waals surface area contributed by atoms with E-state index in [-0.39, 0.29) is 0 Å². The molecule has 24 heavy (non-hydrogen) atoms. The highest BCUT2D eigenvalue weighted by atomic mass is 17.2. The molecule has 2 aromatic carbocycles. The lowest BCUT2D eigenvalue weighted by Crippen LogP contribution is -2.15. The maximum Gasteiger partial charge on any atom is 0.386 e. The van der Waals surface area contributed by atoms with Gasteiger partial charge in [0, 0.05) is 0 Å². The standard InChI is InChI=1S/C20H22O4/c1-11-7-13(3)17(14(4)8-11)19(21)23-24-20(22)18-15(5)9-12(2)10-16(18)6/h7-10H,1-6H3. The number of carbonyl (C=O) groups is 2. The third-order valence-electron chi connectivity index (χ3n) is 3.96. The highest BCUT2D eigenvalue weighted by Crippen LogP contribution is 2.20. The molecule has 0 saturated heterocycles. The minimum atomic E-state index is -0.666. The van der Waals surface area contributed by atoms with E-state index in [0.29, 0.717) is 11.1 Å². The molecule has 0 atom stereocenters. The Bertz CT molecular complexity index is 703. The van der Waals surface area contributed by atoms with E-state index in [1.807, 2.05) is 65.8 Å². The third kappa shape index (κ3) is 3.65. The minimum Gasteiger partial charge on any atom is -0.241 e. The third-order valence-corrected chi connectivity index (χ3v) is 3.96. The summed E-state index contributed by atoms with van der Waals surface area (Å²) in [5.74, 6) is -1.33. The molecule has 0 aliphatic rings. The van der Waals surface area contributed by atoms with Crippen LogP contribution in [0.3, 0.4) is 0 Å². The summed E-state index contributed by atoms with van der Waals surface area (Å²) in [7, 11) is 0. The molecule has 0 amide bonds. The minimum absolute atomic E-state index is 0.422. The van der Waals surface area contributed by atoms with Crippen LogP contribution in [0.15, 0.2) is 24.3 Å². The van der Waals surface area contributed by atoms with Gasteiger partial charge in [-0.2, -0.15) is 0 Å². The van der Waals surface area contributed by atoms with Gasteiger partial charge in [-0.25, -0.2) is 19.4 Å². The molecule has 0 radical (unpaired) electrons. The zero-order valence-electron chi connectivity index (χ0n) is 14.9. The number of hydrogen-bond acceptors (Lipinski definition) is 4. The molecule has 0 unspecified atom stereocenters. The Kier molecular flexibility index (Phi) is 5.07. The fraction of sp³-hybridized carbons (Fsp3) is 0.300. The topological polar surface area (TPSA) is 52.6 Å². The van der Waals surface area contributed by atoms with Gasteiger partial charge in [-0.15, -0.1) is 0 Å². The lowest BCUT2D eigenvalue weighted by Gasteiger charge is -2.11. The number of rotatable bonds is 2. The maximum atomic E-state index is 12.3. The second-order valence-electron chi connectivity index (χ2n) is 6.29. The Morgan fingerprint density at radius 3 is 1.08 bits per heavy atom. The molecule has 126 valence electrons. The van der Waals surface area contributed by atoms with E-state index >= 15 is 0 Å². The van der Waals surface area contributed by atoms with Crippen LogP contribution in [0.2, 0.25) is 0 Å². The molecule has 0 heterocycles. The number of aryl methyl sites for hydroxylation is 6. The van der Waals surface area contributed by atoms with Crippen LogP contribution in [0.25, 0.3) is 0 Å². The van der Waals surface area contributed by atoms with Crippen molar-refractivity contribution >= 4 is 11.9 Å². The van der Waals surface area contributed by atoms with Crippen molar-refractivity contribution < 1.29 is 19.4 Å². The number of benzene rings is 2. The molecule has 4 heteroatoms. The maximum absolute atomic E-state index is 12.3. The van der Waals surface area contributed by atoms with Crippen molar-refractivity contribution in [3.63, 3.8) is 0 Å². The monoisotopic (exact) mass is 326 g/mol. The van der Waals surface area contributed by atoms with E-state index < -0.39 is 11.9 Å². The molecular formula is C20H22O4. The van der Waals surface area contributed by atoms with Gasteiger partial charge in [-0.05, 0) is 63.8 Å². The molecule has 0 aliphatic heterocycles. The summed E-state index contributed by atoms with van der Waals surface area (Å²) < 4.78 is 0. The Hall–Kier alpha value is -2.62. The quantitative estimate of drug-likeness (QED) is 0.604. The van der Waals surface area contributed by atoms with Crippen LogP contribution in [0.1, 0.15) is 54.1 Å². The van der Waals surface area contributed by atoms with E-state index in [2.05, 4.69) is 0 Å². The van der Waals surface area contributed by atoms with Gasteiger partial charge in [0.25, 0.3) is 0 Å². The van der Waals surface area contributed by atoms with Crippen molar-refractivity contribution in [2.45, 2.75) is 41.5 Å². The largest absolute Gasteiger partial charge is 0.386 e. The zero-order valence-corrected chi connectivity index (χ0v) is 14.9. The summed E-state index contributed by atoms with van der Waals surface area (Å²) in [6, 6.07) is 7.55. The smallest absolute Gasteiger partial charge is 0.241 e. The molecule has 4 nitrogen and oxygen atoms in total. The van der Waals surface area contributed by atoms with E-state index in [1.165, 1.54) is 0 Å². The predicted octanol–water partition coefficient (Wildman–Crippen LogP) is 4.47. The van der Waals surface area contributed by atoms with Crippen LogP contribution >= 0.6 is 0 Å². The van der Waals surface area contributed by atoms with E-state index in [1.54, 1.807) is 0 Å². The molecule has 0 aromatic heterocycles. The van der Waals surface area contributed by atoms with Gasteiger partial charge in [0.15, 0.2) is 0 Å². The summed E-state index contributed by atoms with van der Waals surface area (Å²) in [5.41, 5.74) is 6.12. The number of hydrogen-bond donors (Lipinski definition) is 0. The summed E-state index contributed by atoms with van der Waals surface area (Å²) in [6.45, 7) is 11.2. The van der Waals surface area contributed by atoms with Gasteiger partial charge in [-0.1, -0.05) is 35.4 Å². The zero-order chi connectivity index (χ0) is 18.0. The summed E-state index contributed by atoms with van der Waals surface area (Å²) in [6.07, 6.45) is 0. The summed E-state index contributed by atoms with van der Waals surface area (Å²) in [4.78, 5) is 34.1. The first-order valence-corrected chi connectivity index (χ1v) is 7.79. The van der Waals surface area contributed by atoms with Crippen molar-refractivity contribution in [2.24, 2.45) is 0 Å². The van der Waals surface area contributed by atoms with Gasteiger partial charge in [0.2, 0.25) is 0 Å². The average molecular weight is 326 g/mol. The highest BCUT2D eigenvalue weighted by molar-refractivity contribution is 5.95. The van der Waals surface area contributed by atoms with Crippen LogP contribution in [-0.4, -0.2) is 11.9 Å². The molecule has 0 fully saturated rings. The predicted molar refractivity (Wildman–Crippen MR) is 92.1 cm³/mol. The summed E-state index contributed by atoms with van der Waals surface area (Å²) >= 11 is 0. The molecule has 0 bridgehead atoms. The Morgan fingerprint density at radius 1 is 0.583 bits per heavy atom. The second kappa shape index (κ2) is 6.87. The van der Waals surface area contributed by atoms with Gasteiger partial charge in [0.05, 0.1) is 11.1 Å². The van der Waals surface area contributed by atoms with Gasteiger partial charge in [-0.3, -0.25) is 0 Å². The molecule has 0 spiro atoms. The lowest BCUT2D eigenvalue weighted by molar-refractivity contribution is -0.187. The first-order valence-electron chi connectivity index (χ1n) is 7.79. The van der Waals surface area contributed by atoms with Crippen molar-refractivity contribution in [1.82, 2.24) is 0 Å². The molecule has 0 saturated carbocycles. The van der Waals surface area contributed by atoms with Crippen molar-refractivity contribution in [1.29, 1.82) is 0 Å². The van der Waals surface area contributed by atoms with Crippen molar-refractivity contribution in [3.8, 4) is 0 Å². The van der Waals surface area contributed by atoms with Crippen LogP contribution in [0.4, 0.5) is 0 Å². The van der Waals surface area contributed by atoms with E-state index in [0.717, 1.165) is 33.4 Å². The van der Waals surface area contributed by atoms with E-state index in [4.69, 9.17) is 9.78 Å². The lowest BCUT2D eigenvalue weighted by atomic mass is 10.00. The first kappa shape index (κ1) is 17.7. The van der Waals surface area contributed by atoms with Crippen LogP contribution in [0, 0.1) is 41.5 Å². The van der Waals surface area contributed by atoms with Crippen LogP contribution in [0.5, 0.6) is 0 Å². The van der Waals surface area contributed by atoms with Crippen molar-refractivity contribution in [2.75, 3.05) is 0 Å². The fourth-order valence-corrected chi connectivity index (χ4v) is 3.16. The second-order valence-corrected chi connectivity index (χ2v) is 6.29. The SMILES string of the molecule is Cc1cc(C)c(C(=O)OOC(=O)c2c(C)cc(C)cc2C)c(C)c1. The molecule has 2 aromatic rings. The highest BCUT2D eigenvalue weighted by Gasteiger charge is 2.20. The molecule has 0 aliphatic carbocycles. The Balaban J connectivity index is 2.17. The molecule has 0 N–H and O–H groups in total. The van der Waals surface area contributed by atoms with Gasteiger partial charge in [0.1, 0.15) is 0 Å². The Labute approximate surface area is 142 Å². The van der Waals surface area contributed by atoms with Gasteiger partial charge >= 0.3 is 11.9 Å². The van der Waals surface area contributed by atoms with Gasteiger partial charge < -0.3 is 0 Å².